The lowest BCUT2D eigenvalue weighted by Gasteiger charge is -2.26. The van der Waals surface area contributed by atoms with Crippen LogP contribution in [-0.4, -0.2) is 83.0 Å². The number of halogens is 6. The Morgan fingerprint density at radius 2 is 1.63 bits per heavy atom. The highest BCUT2D eigenvalue weighted by Crippen LogP contribution is 2.40. The normalized spacial score (nSPS) is 16.5. The van der Waals surface area contributed by atoms with E-state index in [0.717, 1.165) is 11.8 Å². The van der Waals surface area contributed by atoms with Crippen LogP contribution in [0.5, 0.6) is 5.75 Å². The van der Waals surface area contributed by atoms with E-state index in [2.05, 4.69) is 10.2 Å². The number of hydrogen-bond donors (Lipinski definition) is 2. The highest BCUT2D eigenvalue weighted by Gasteiger charge is 2.37. The fourth-order valence-electron chi connectivity index (χ4n) is 5.20. The van der Waals surface area contributed by atoms with E-state index in [1.54, 1.807) is 0 Å². The average molecular weight is 754 g/mol. The second kappa shape index (κ2) is 15.8. The molecule has 3 aromatic carbocycles. The number of hydrogen-bond acceptors (Lipinski definition) is 8. The Balaban J connectivity index is 1.40. The van der Waals surface area contributed by atoms with Gasteiger partial charge in [-0.05, 0) is 65.7 Å². The van der Waals surface area contributed by atoms with Gasteiger partial charge in [0.25, 0.3) is 5.91 Å². The van der Waals surface area contributed by atoms with Gasteiger partial charge in [-0.1, -0.05) is 36.1 Å². The fraction of sp³-hybridized carbons (Fsp3) is 0.294. The Morgan fingerprint density at radius 1 is 0.941 bits per heavy atom. The van der Waals surface area contributed by atoms with Crippen molar-refractivity contribution in [2.45, 2.75) is 18.8 Å². The predicted octanol–water partition coefficient (Wildman–Crippen LogP) is 7.03. The molecular formula is C34H29F6N3O6S2. The average Bonchev–Trinajstić information content (AvgIpc) is 3.34. The van der Waals surface area contributed by atoms with Crippen LogP contribution in [0.25, 0.3) is 17.2 Å². The van der Waals surface area contributed by atoms with E-state index >= 15 is 0 Å². The number of amides is 2. The molecule has 51 heavy (non-hydrogen) atoms. The van der Waals surface area contributed by atoms with Gasteiger partial charge in [0.1, 0.15) is 16.7 Å². The van der Waals surface area contributed by atoms with Gasteiger partial charge in [-0.3, -0.25) is 19.4 Å². The molecule has 2 aliphatic heterocycles. The second-order valence-electron chi connectivity index (χ2n) is 11.4. The quantitative estimate of drug-likeness (QED) is 0.121. The summed E-state index contributed by atoms with van der Waals surface area (Å²) in [4.78, 5) is 40.7. The maximum Gasteiger partial charge on any atom is 0.416 e. The van der Waals surface area contributed by atoms with Crippen LogP contribution in [0.2, 0.25) is 0 Å². The summed E-state index contributed by atoms with van der Waals surface area (Å²) in [6.07, 6.45) is -8.90. The monoisotopic (exact) mass is 753 g/mol. The molecule has 0 radical (unpaired) electrons. The molecule has 2 amide bonds. The van der Waals surface area contributed by atoms with E-state index in [1.165, 1.54) is 53.4 Å². The highest BCUT2D eigenvalue weighted by atomic mass is 32.2. The van der Waals surface area contributed by atoms with E-state index in [0.29, 0.717) is 45.0 Å². The molecule has 0 atom stereocenters. The molecule has 9 nitrogen and oxygen atoms in total. The van der Waals surface area contributed by atoms with Crippen LogP contribution < -0.4 is 10.1 Å². The zero-order chi connectivity index (χ0) is 36.9. The number of rotatable bonds is 11. The van der Waals surface area contributed by atoms with Gasteiger partial charge in [-0.25, -0.2) is 4.79 Å². The number of carboxylic acids is 1. The molecular weight excluding hydrogens is 725 g/mol. The SMILES string of the molecule is O=C(CCN1C(=O)/C(=C/c2cc(-c3cc(C(F)(F)F)cc(C(F)(F)F)c3)ccc2OCCN2CCOCC2)SC1=S)Nc1cccc(C(=O)O)c1. The van der Waals surface area contributed by atoms with Crippen molar-refractivity contribution in [1.82, 2.24) is 9.80 Å². The Morgan fingerprint density at radius 3 is 2.27 bits per heavy atom. The van der Waals surface area contributed by atoms with Gasteiger partial charge < -0.3 is 19.9 Å². The molecule has 2 N–H and O–H groups in total. The van der Waals surface area contributed by atoms with Gasteiger partial charge in [-0.2, -0.15) is 26.3 Å². The van der Waals surface area contributed by atoms with Gasteiger partial charge in [0.15, 0.2) is 0 Å². The van der Waals surface area contributed by atoms with E-state index < -0.39 is 41.3 Å². The summed E-state index contributed by atoms with van der Waals surface area (Å²) in [5, 5.41) is 11.7. The molecule has 0 saturated carbocycles. The third-order valence-electron chi connectivity index (χ3n) is 7.82. The Bertz CT molecular complexity index is 1830. The van der Waals surface area contributed by atoms with Crippen molar-refractivity contribution in [3.05, 3.63) is 87.8 Å². The minimum atomic E-state index is -5.05. The minimum absolute atomic E-state index is 0.0116. The lowest BCUT2D eigenvalue weighted by molar-refractivity contribution is -0.143. The third-order valence-corrected chi connectivity index (χ3v) is 9.19. The summed E-state index contributed by atoms with van der Waals surface area (Å²) in [5.41, 5.74) is -2.86. The van der Waals surface area contributed by atoms with Crippen LogP contribution in [0.3, 0.4) is 0 Å². The topological polar surface area (TPSA) is 108 Å². The molecule has 0 bridgehead atoms. The van der Waals surface area contributed by atoms with Crippen molar-refractivity contribution in [3.8, 4) is 16.9 Å². The van der Waals surface area contributed by atoms with Crippen molar-refractivity contribution >= 4 is 57.8 Å². The number of carbonyl (C=O) groups is 3. The van der Waals surface area contributed by atoms with Crippen molar-refractivity contribution in [2.24, 2.45) is 0 Å². The maximum absolute atomic E-state index is 13.6. The summed E-state index contributed by atoms with van der Waals surface area (Å²) in [6, 6.07) is 11.0. The lowest BCUT2D eigenvalue weighted by atomic mass is 9.97. The van der Waals surface area contributed by atoms with E-state index in [-0.39, 0.29) is 68.6 Å². The summed E-state index contributed by atoms with van der Waals surface area (Å²) < 4.78 is 93.2. The number of alkyl halides is 6. The van der Waals surface area contributed by atoms with Crippen molar-refractivity contribution in [1.29, 1.82) is 0 Å². The molecule has 3 aromatic rings. The first-order valence-electron chi connectivity index (χ1n) is 15.3. The van der Waals surface area contributed by atoms with E-state index in [9.17, 15) is 45.8 Å². The molecule has 2 fully saturated rings. The van der Waals surface area contributed by atoms with Crippen LogP contribution in [0.15, 0.2) is 65.6 Å². The number of morpholine rings is 1. The number of benzene rings is 3. The van der Waals surface area contributed by atoms with Crippen LogP contribution in [0.4, 0.5) is 32.0 Å². The van der Waals surface area contributed by atoms with E-state index in [4.69, 9.17) is 21.7 Å². The Kier molecular flexibility index (Phi) is 11.7. The molecule has 0 aromatic heterocycles. The van der Waals surface area contributed by atoms with Crippen molar-refractivity contribution in [2.75, 3.05) is 51.3 Å². The zero-order valence-corrected chi connectivity index (χ0v) is 28.1. The molecule has 2 aliphatic rings. The molecule has 5 rings (SSSR count). The first kappa shape index (κ1) is 37.8. The van der Waals surface area contributed by atoms with Gasteiger partial charge in [-0.15, -0.1) is 0 Å². The van der Waals surface area contributed by atoms with Gasteiger partial charge >= 0.3 is 18.3 Å². The van der Waals surface area contributed by atoms with Gasteiger partial charge in [0.2, 0.25) is 5.91 Å². The van der Waals surface area contributed by atoms with E-state index in [1.807, 2.05) is 0 Å². The molecule has 17 heteroatoms. The first-order valence-corrected chi connectivity index (χ1v) is 16.6. The number of aromatic carboxylic acids is 1. The van der Waals surface area contributed by atoms with Crippen molar-refractivity contribution < 1.29 is 55.3 Å². The molecule has 0 spiro atoms. The number of carbonyl (C=O) groups excluding carboxylic acids is 2. The molecule has 270 valence electrons. The number of ether oxygens (including phenoxy) is 2. The zero-order valence-electron chi connectivity index (χ0n) is 26.5. The maximum atomic E-state index is 13.6. The first-order chi connectivity index (χ1) is 24.1. The Labute approximate surface area is 297 Å². The molecule has 0 unspecified atom stereocenters. The highest BCUT2D eigenvalue weighted by molar-refractivity contribution is 8.26. The largest absolute Gasteiger partial charge is 0.492 e. The number of anilines is 1. The Hall–Kier alpha value is -4.45. The molecule has 2 saturated heterocycles. The van der Waals surface area contributed by atoms with Crippen LogP contribution in [0.1, 0.15) is 33.5 Å². The number of thioether (sulfide) groups is 1. The van der Waals surface area contributed by atoms with Gasteiger partial charge in [0, 0.05) is 43.9 Å². The summed E-state index contributed by atoms with van der Waals surface area (Å²) >= 11 is 6.29. The van der Waals surface area contributed by atoms with Crippen LogP contribution >= 0.6 is 24.0 Å². The van der Waals surface area contributed by atoms with Crippen LogP contribution in [-0.2, 0) is 26.7 Å². The second-order valence-corrected chi connectivity index (χ2v) is 13.0. The lowest BCUT2D eigenvalue weighted by Crippen LogP contribution is -2.38. The number of thiocarbonyl (C=S) groups is 1. The fourth-order valence-corrected chi connectivity index (χ4v) is 6.50. The summed E-state index contributed by atoms with van der Waals surface area (Å²) in [5.74, 6) is -2.04. The van der Waals surface area contributed by atoms with Gasteiger partial charge in [0.05, 0.1) is 34.8 Å². The van der Waals surface area contributed by atoms with Crippen molar-refractivity contribution in [3.63, 3.8) is 0 Å². The summed E-state index contributed by atoms with van der Waals surface area (Å²) in [6.45, 7) is 3.05. The van der Waals surface area contributed by atoms with Crippen LogP contribution in [0, 0.1) is 0 Å². The molecule has 0 aliphatic carbocycles. The standard InChI is InChI=1S/C34H29F6N3O6S2/c35-33(36,37)24-15-22(16-25(19-24)34(38,39)40)20-4-5-27(49-13-10-42-8-11-48-12-9-42)23(14-20)18-28-30(45)43(32(50)51-28)7-6-29(44)41-26-3-1-2-21(17-26)31(46)47/h1-5,14-19H,6-13H2,(H,41,44)(H,46,47)/b28-18-. The smallest absolute Gasteiger partial charge is 0.416 e. The third kappa shape index (κ3) is 9.87. The predicted molar refractivity (Wildman–Crippen MR) is 181 cm³/mol. The number of nitrogens with zero attached hydrogens (tertiary/aromatic N) is 2. The number of carboxylic acid groups (broad SMARTS) is 1. The number of nitrogens with one attached hydrogen (secondary N) is 1. The minimum Gasteiger partial charge on any atom is -0.492 e. The summed E-state index contributed by atoms with van der Waals surface area (Å²) in [7, 11) is 0. The molecule has 2 heterocycles.